The molecule has 0 aliphatic carbocycles. The van der Waals surface area contributed by atoms with E-state index in [1.807, 2.05) is 47.5 Å². The van der Waals surface area contributed by atoms with Crippen LogP contribution < -0.4 is 15.5 Å². The molecule has 0 spiro atoms. The fourth-order valence-corrected chi connectivity index (χ4v) is 3.78. The Bertz CT molecular complexity index is 1070. The number of nitrogens with one attached hydrogen (secondary N) is 2. The zero-order valence-electron chi connectivity index (χ0n) is 18.8. The molecule has 0 saturated carbocycles. The van der Waals surface area contributed by atoms with E-state index in [2.05, 4.69) is 52.9 Å². The lowest BCUT2D eigenvalue weighted by atomic mass is 10.1. The molecule has 0 bridgehead atoms. The summed E-state index contributed by atoms with van der Waals surface area (Å²) in [6.45, 7) is 4.89. The minimum Gasteiger partial charge on any atom is -0.357 e. The second kappa shape index (κ2) is 12.3. The number of hydrogen-bond acceptors (Lipinski definition) is 3. The van der Waals surface area contributed by atoms with E-state index in [9.17, 15) is 4.79 Å². The lowest BCUT2D eigenvalue weighted by Crippen LogP contribution is -2.36. The smallest absolute Gasteiger partial charge is 0.227 e. The van der Waals surface area contributed by atoms with Crippen molar-refractivity contribution >= 4 is 41.5 Å². The summed E-state index contributed by atoms with van der Waals surface area (Å²) >= 11 is 0. The Kier molecular flexibility index (Phi) is 9.24. The van der Waals surface area contributed by atoms with E-state index < -0.39 is 0 Å². The maximum absolute atomic E-state index is 11.9. The summed E-state index contributed by atoms with van der Waals surface area (Å²) in [6.07, 6.45) is 3.40. The molecule has 1 aliphatic heterocycles. The van der Waals surface area contributed by atoms with Crippen LogP contribution >= 0.6 is 24.0 Å². The highest BCUT2D eigenvalue weighted by atomic mass is 127. The van der Waals surface area contributed by atoms with Gasteiger partial charge in [-0.1, -0.05) is 36.4 Å². The van der Waals surface area contributed by atoms with Crippen LogP contribution in [0.15, 0.2) is 77.9 Å². The van der Waals surface area contributed by atoms with Crippen LogP contribution in [0.4, 0.5) is 5.69 Å². The van der Waals surface area contributed by atoms with Gasteiger partial charge in [-0.3, -0.25) is 9.78 Å². The highest BCUT2D eigenvalue weighted by Gasteiger charge is 2.21. The molecule has 2 aromatic carbocycles. The van der Waals surface area contributed by atoms with Crippen LogP contribution in [0.1, 0.15) is 30.9 Å². The molecule has 1 saturated heterocycles. The van der Waals surface area contributed by atoms with Gasteiger partial charge in [0.2, 0.25) is 5.91 Å². The van der Waals surface area contributed by atoms with Crippen molar-refractivity contribution in [2.45, 2.75) is 32.9 Å². The molecule has 4 rings (SSSR count). The number of anilines is 1. The van der Waals surface area contributed by atoms with Gasteiger partial charge in [0, 0.05) is 43.5 Å². The second-order valence-electron chi connectivity index (χ2n) is 7.78. The number of aliphatic imine (C=N–C) groups is 1. The molecule has 3 aromatic rings. The standard InChI is InChI=1S/C26H29N5O.HI/c1-2-27-26(29-18-20-11-13-23(14-12-20)31-16-6-10-25(31)32)30-19-21-7-5-8-22(17-21)24-9-3-4-15-28-24;/h3-5,7-9,11-15,17H,2,6,10,16,18-19H2,1H3,(H2,27,29,30);1H. The van der Waals surface area contributed by atoms with Crippen molar-refractivity contribution in [2.75, 3.05) is 18.0 Å². The molecular formula is C26H30IN5O. The average Bonchev–Trinajstić information content (AvgIpc) is 3.28. The van der Waals surface area contributed by atoms with Crippen molar-refractivity contribution in [3.63, 3.8) is 0 Å². The normalized spacial score (nSPS) is 13.5. The highest BCUT2D eigenvalue weighted by molar-refractivity contribution is 14.0. The highest BCUT2D eigenvalue weighted by Crippen LogP contribution is 2.21. The number of amides is 1. The van der Waals surface area contributed by atoms with E-state index in [0.717, 1.165) is 53.5 Å². The van der Waals surface area contributed by atoms with Crippen LogP contribution in [0, 0.1) is 0 Å². The van der Waals surface area contributed by atoms with Gasteiger partial charge in [0.05, 0.1) is 12.2 Å². The number of halogens is 1. The zero-order valence-corrected chi connectivity index (χ0v) is 21.2. The molecule has 6 nitrogen and oxygen atoms in total. The second-order valence-corrected chi connectivity index (χ2v) is 7.78. The third-order valence-electron chi connectivity index (χ3n) is 5.43. The van der Waals surface area contributed by atoms with Crippen molar-refractivity contribution in [2.24, 2.45) is 4.99 Å². The van der Waals surface area contributed by atoms with Gasteiger partial charge in [0.15, 0.2) is 5.96 Å². The van der Waals surface area contributed by atoms with Gasteiger partial charge in [-0.05, 0) is 54.8 Å². The van der Waals surface area contributed by atoms with Crippen molar-refractivity contribution in [1.29, 1.82) is 0 Å². The number of aromatic nitrogens is 1. The molecule has 33 heavy (non-hydrogen) atoms. The van der Waals surface area contributed by atoms with E-state index in [1.165, 1.54) is 0 Å². The monoisotopic (exact) mass is 555 g/mol. The van der Waals surface area contributed by atoms with Crippen LogP contribution in [0.25, 0.3) is 11.3 Å². The lowest BCUT2D eigenvalue weighted by molar-refractivity contribution is -0.117. The minimum atomic E-state index is 0. The number of guanidine groups is 1. The molecule has 1 aliphatic rings. The van der Waals surface area contributed by atoms with Crippen LogP contribution in [0.5, 0.6) is 0 Å². The molecule has 0 atom stereocenters. The fourth-order valence-electron chi connectivity index (χ4n) is 3.78. The first-order valence-corrected chi connectivity index (χ1v) is 11.1. The summed E-state index contributed by atoms with van der Waals surface area (Å²) < 4.78 is 0. The zero-order chi connectivity index (χ0) is 22.2. The predicted molar refractivity (Wildman–Crippen MR) is 145 cm³/mol. The Balaban J connectivity index is 0.00000306. The first-order chi connectivity index (χ1) is 15.7. The maximum atomic E-state index is 11.9. The number of benzene rings is 2. The van der Waals surface area contributed by atoms with Crippen molar-refractivity contribution in [3.8, 4) is 11.3 Å². The number of pyridine rings is 1. The van der Waals surface area contributed by atoms with E-state index in [0.29, 0.717) is 19.5 Å². The fraction of sp³-hybridized carbons (Fsp3) is 0.269. The Labute approximate surface area is 212 Å². The number of carbonyl (C=O) groups is 1. The molecule has 2 heterocycles. The van der Waals surface area contributed by atoms with Crippen molar-refractivity contribution in [3.05, 3.63) is 84.1 Å². The quantitative estimate of drug-likeness (QED) is 0.251. The SMILES string of the molecule is CCNC(=NCc1cccc(-c2ccccn2)c1)NCc1ccc(N2CCCC2=O)cc1.I. The van der Waals surface area contributed by atoms with Crippen LogP contribution in [-0.2, 0) is 17.9 Å². The first-order valence-electron chi connectivity index (χ1n) is 11.1. The van der Waals surface area contributed by atoms with E-state index in [4.69, 9.17) is 4.99 Å². The van der Waals surface area contributed by atoms with Crippen LogP contribution in [-0.4, -0.2) is 29.9 Å². The lowest BCUT2D eigenvalue weighted by Gasteiger charge is -2.16. The summed E-state index contributed by atoms with van der Waals surface area (Å²) in [4.78, 5) is 23.0. The van der Waals surface area contributed by atoms with Crippen LogP contribution in [0.2, 0.25) is 0 Å². The van der Waals surface area contributed by atoms with Gasteiger partial charge in [0.25, 0.3) is 0 Å². The molecule has 1 aromatic heterocycles. The van der Waals surface area contributed by atoms with E-state index >= 15 is 0 Å². The Morgan fingerprint density at radius 3 is 2.58 bits per heavy atom. The molecule has 0 radical (unpaired) electrons. The molecule has 1 fully saturated rings. The van der Waals surface area contributed by atoms with Crippen LogP contribution in [0.3, 0.4) is 0 Å². The Hall–Kier alpha value is -2.94. The Morgan fingerprint density at radius 2 is 1.88 bits per heavy atom. The largest absolute Gasteiger partial charge is 0.357 e. The van der Waals surface area contributed by atoms with Gasteiger partial charge < -0.3 is 15.5 Å². The summed E-state index contributed by atoms with van der Waals surface area (Å²) in [7, 11) is 0. The molecule has 0 unspecified atom stereocenters. The molecule has 172 valence electrons. The van der Waals surface area contributed by atoms with E-state index in [-0.39, 0.29) is 29.9 Å². The number of rotatable bonds is 7. The van der Waals surface area contributed by atoms with Gasteiger partial charge in [-0.15, -0.1) is 24.0 Å². The summed E-state index contributed by atoms with van der Waals surface area (Å²) in [6, 6.07) is 22.4. The summed E-state index contributed by atoms with van der Waals surface area (Å²) in [5, 5.41) is 6.70. The van der Waals surface area contributed by atoms with E-state index in [1.54, 1.807) is 0 Å². The van der Waals surface area contributed by atoms with Gasteiger partial charge in [-0.25, -0.2) is 4.99 Å². The first kappa shape index (κ1) is 24.7. The average molecular weight is 555 g/mol. The summed E-state index contributed by atoms with van der Waals surface area (Å²) in [5.41, 5.74) is 5.30. The minimum absolute atomic E-state index is 0. The maximum Gasteiger partial charge on any atom is 0.227 e. The summed E-state index contributed by atoms with van der Waals surface area (Å²) in [5.74, 6) is 0.985. The number of hydrogen-bond donors (Lipinski definition) is 2. The third-order valence-corrected chi connectivity index (χ3v) is 5.43. The molecule has 1 amide bonds. The van der Waals surface area contributed by atoms with Gasteiger partial charge >= 0.3 is 0 Å². The van der Waals surface area contributed by atoms with Crippen molar-refractivity contribution < 1.29 is 4.79 Å². The van der Waals surface area contributed by atoms with Gasteiger partial charge in [0.1, 0.15) is 0 Å². The predicted octanol–water partition coefficient (Wildman–Crippen LogP) is 4.75. The number of carbonyl (C=O) groups excluding carboxylic acids is 1. The van der Waals surface area contributed by atoms with Crippen molar-refractivity contribution in [1.82, 2.24) is 15.6 Å². The Morgan fingerprint density at radius 1 is 1.03 bits per heavy atom. The third kappa shape index (κ3) is 6.77. The molecule has 7 heteroatoms. The number of nitrogens with zero attached hydrogens (tertiary/aromatic N) is 3. The van der Waals surface area contributed by atoms with Gasteiger partial charge in [-0.2, -0.15) is 0 Å². The molecular weight excluding hydrogens is 525 g/mol. The topological polar surface area (TPSA) is 69.6 Å². The molecule has 2 N–H and O–H groups in total.